The number of hydrogen-bond acceptors (Lipinski definition) is 5. The number of pyridine rings is 1. The summed E-state index contributed by atoms with van der Waals surface area (Å²) in [5.41, 5.74) is 4.38. The number of halogens is 1. The van der Waals surface area contributed by atoms with E-state index in [0.29, 0.717) is 29.1 Å². The van der Waals surface area contributed by atoms with Crippen molar-refractivity contribution in [2.45, 2.75) is 72.4 Å². The number of nitrogens with zero attached hydrogens (tertiary/aromatic N) is 4. The molecule has 0 bridgehead atoms. The number of fused-ring (bicyclic) bond motifs is 1. The SMILES string of the molecule is COCCNCCCC(C(C)C)N1CC[C@H](Cc2cn(-c3ccc(F)cc3C(=O)N(C)C(C)C)c3cncc(C)c23)C1. The minimum atomic E-state index is -0.415. The number of likely N-dealkylation sites (tertiary alicyclic amines) is 1. The van der Waals surface area contributed by atoms with E-state index in [2.05, 4.69) is 42.2 Å². The van der Waals surface area contributed by atoms with Crippen LogP contribution in [-0.2, 0) is 11.2 Å². The zero-order valence-electron chi connectivity index (χ0n) is 26.6. The Morgan fingerprint density at radius 1 is 1.21 bits per heavy atom. The predicted octanol–water partition coefficient (Wildman–Crippen LogP) is 5.86. The second kappa shape index (κ2) is 14.6. The summed E-state index contributed by atoms with van der Waals surface area (Å²) in [6.07, 6.45) is 10.4. The molecule has 0 spiro atoms. The van der Waals surface area contributed by atoms with E-state index >= 15 is 0 Å². The standard InChI is InChI=1S/C34H50FN5O2/c1-23(2)30(9-8-13-36-14-16-42-7)39-15-12-26(21-39)17-27-22-40(32-20-37-19-25(5)33(27)32)31-11-10-28(35)18-29(31)34(41)38(6)24(3)4/h10-11,18-20,22-24,26,30,36H,8-9,12-17,21H2,1-7H3/t26-,30?/m1/s1. The van der Waals surface area contributed by atoms with Crippen molar-refractivity contribution >= 4 is 16.8 Å². The van der Waals surface area contributed by atoms with Gasteiger partial charge in [0, 0.05) is 57.1 Å². The van der Waals surface area contributed by atoms with Gasteiger partial charge in [0.1, 0.15) is 5.82 Å². The molecule has 0 radical (unpaired) electrons. The van der Waals surface area contributed by atoms with Crippen molar-refractivity contribution in [2.24, 2.45) is 11.8 Å². The van der Waals surface area contributed by atoms with Crippen LogP contribution < -0.4 is 5.32 Å². The van der Waals surface area contributed by atoms with Crippen molar-refractivity contribution in [2.75, 3.05) is 46.9 Å². The van der Waals surface area contributed by atoms with Crippen LogP contribution in [0.1, 0.15) is 68.4 Å². The third-order valence-corrected chi connectivity index (χ3v) is 8.93. The van der Waals surface area contributed by atoms with Crippen LogP contribution in [0.25, 0.3) is 16.6 Å². The average molecular weight is 580 g/mol. The average Bonchev–Trinajstić information content (AvgIpc) is 3.57. The van der Waals surface area contributed by atoms with Crippen LogP contribution in [0.4, 0.5) is 4.39 Å². The molecule has 1 N–H and O–H groups in total. The van der Waals surface area contributed by atoms with Crippen LogP contribution in [0.15, 0.2) is 36.8 Å². The topological polar surface area (TPSA) is 62.6 Å². The lowest BCUT2D eigenvalue weighted by Gasteiger charge is -2.31. The number of carbonyl (C=O) groups excluding carboxylic acids is 1. The Morgan fingerprint density at radius 2 is 2.00 bits per heavy atom. The van der Waals surface area contributed by atoms with E-state index in [0.717, 1.165) is 56.7 Å². The molecule has 3 aromatic rings. The molecule has 1 aromatic carbocycles. The highest BCUT2D eigenvalue weighted by Gasteiger charge is 2.31. The minimum absolute atomic E-state index is 0.00129. The van der Waals surface area contributed by atoms with Crippen LogP contribution in [-0.4, -0.2) is 84.3 Å². The fourth-order valence-electron chi connectivity index (χ4n) is 6.42. The Hall–Kier alpha value is -2.81. The molecule has 0 saturated carbocycles. The summed E-state index contributed by atoms with van der Waals surface area (Å²) in [4.78, 5) is 22.3. The molecule has 2 aromatic heterocycles. The summed E-state index contributed by atoms with van der Waals surface area (Å²) < 4.78 is 21.6. The molecule has 1 fully saturated rings. The molecule has 1 amide bonds. The number of nitrogens with one attached hydrogen (secondary N) is 1. The number of methoxy groups -OCH3 is 1. The maximum atomic E-state index is 14.4. The van der Waals surface area contributed by atoms with E-state index in [1.807, 2.05) is 30.8 Å². The molecule has 8 heteroatoms. The highest BCUT2D eigenvalue weighted by molar-refractivity contribution is 5.99. The summed E-state index contributed by atoms with van der Waals surface area (Å²) in [6, 6.07) is 5.10. The molecule has 42 heavy (non-hydrogen) atoms. The van der Waals surface area contributed by atoms with Gasteiger partial charge in [0.15, 0.2) is 0 Å². The van der Waals surface area contributed by atoms with Gasteiger partial charge < -0.3 is 19.5 Å². The monoisotopic (exact) mass is 579 g/mol. The van der Waals surface area contributed by atoms with E-state index in [9.17, 15) is 9.18 Å². The van der Waals surface area contributed by atoms with Gasteiger partial charge in [-0.05, 0) is 101 Å². The molecule has 230 valence electrons. The van der Waals surface area contributed by atoms with E-state index in [4.69, 9.17) is 4.74 Å². The third-order valence-electron chi connectivity index (χ3n) is 8.93. The zero-order chi connectivity index (χ0) is 30.4. The van der Waals surface area contributed by atoms with Gasteiger partial charge in [-0.15, -0.1) is 0 Å². The van der Waals surface area contributed by atoms with Crippen molar-refractivity contribution in [3.05, 3.63) is 59.3 Å². The number of ether oxygens (including phenoxy) is 1. The predicted molar refractivity (Wildman–Crippen MR) is 169 cm³/mol. The molecule has 7 nitrogen and oxygen atoms in total. The molecule has 1 aliphatic rings. The highest BCUT2D eigenvalue weighted by atomic mass is 19.1. The first-order chi connectivity index (χ1) is 20.1. The van der Waals surface area contributed by atoms with Gasteiger partial charge in [-0.25, -0.2) is 4.39 Å². The molecular weight excluding hydrogens is 529 g/mol. The molecular formula is C34H50FN5O2. The van der Waals surface area contributed by atoms with Crippen LogP contribution in [0.5, 0.6) is 0 Å². The zero-order valence-corrected chi connectivity index (χ0v) is 26.6. The first-order valence-electron chi connectivity index (χ1n) is 15.6. The summed E-state index contributed by atoms with van der Waals surface area (Å²) in [5, 5.41) is 4.67. The van der Waals surface area contributed by atoms with Gasteiger partial charge in [0.25, 0.3) is 5.91 Å². The fraction of sp³-hybridized carbons (Fsp3) is 0.588. The Morgan fingerprint density at radius 3 is 2.71 bits per heavy atom. The molecule has 4 rings (SSSR count). The van der Waals surface area contributed by atoms with E-state index in [1.165, 1.54) is 35.9 Å². The van der Waals surface area contributed by atoms with E-state index < -0.39 is 5.82 Å². The summed E-state index contributed by atoms with van der Waals surface area (Å²) in [7, 11) is 3.50. The lowest BCUT2D eigenvalue weighted by atomic mass is 9.96. The lowest BCUT2D eigenvalue weighted by Crippen LogP contribution is -2.38. The van der Waals surface area contributed by atoms with Crippen molar-refractivity contribution in [1.82, 2.24) is 24.7 Å². The fourth-order valence-corrected chi connectivity index (χ4v) is 6.42. The second-order valence-corrected chi connectivity index (χ2v) is 12.6. The van der Waals surface area contributed by atoms with Gasteiger partial charge in [-0.1, -0.05) is 13.8 Å². The Bertz CT molecular complexity index is 1340. The van der Waals surface area contributed by atoms with Crippen LogP contribution in [0.3, 0.4) is 0 Å². The second-order valence-electron chi connectivity index (χ2n) is 12.6. The number of amides is 1. The Labute approximate surface area is 251 Å². The van der Waals surface area contributed by atoms with Crippen LogP contribution in [0.2, 0.25) is 0 Å². The Balaban J connectivity index is 1.57. The number of aryl methyl sites for hydroxylation is 1. The van der Waals surface area contributed by atoms with Crippen LogP contribution >= 0.6 is 0 Å². The van der Waals surface area contributed by atoms with Crippen molar-refractivity contribution in [1.29, 1.82) is 0 Å². The van der Waals surface area contributed by atoms with Gasteiger partial charge in [-0.2, -0.15) is 0 Å². The quantitative estimate of drug-likeness (QED) is 0.243. The van der Waals surface area contributed by atoms with Crippen LogP contribution in [0, 0.1) is 24.6 Å². The molecule has 1 aliphatic heterocycles. The molecule has 3 heterocycles. The van der Waals surface area contributed by atoms with Gasteiger partial charge in [-0.3, -0.25) is 14.7 Å². The van der Waals surface area contributed by atoms with Gasteiger partial charge in [0.2, 0.25) is 0 Å². The van der Waals surface area contributed by atoms with E-state index in [1.54, 1.807) is 25.1 Å². The maximum Gasteiger partial charge on any atom is 0.256 e. The summed E-state index contributed by atoms with van der Waals surface area (Å²) in [5.74, 6) is 0.556. The largest absolute Gasteiger partial charge is 0.383 e. The molecule has 2 atom stereocenters. The van der Waals surface area contributed by atoms with Crippen molar-refractivity contribution in [3.63, 3.8) is 0 Å². The summed E-state index contributed by atoms with van der Waals surface area (Å²) >= 11 is 0. The number of carbonyl (C=O) groups is 1. The van der Waals surface area contributed by atoms with Crippen molar-refractivity contribution < 1.29 is 13.9 Å². The highest BCUT2D eigenvalue weighted by Crippen LogP contribution is 2.33. The minimum Gasteiger partial charge on any atom is -0.383 e. The molecule has 1 saturated heterocycles. The lowest BCUT2D eigenvalue weighted by molar-refractivity contribution is 0.0754. The van der Waals surface area contributed by atoms with E-state index in [-0.39, 0.29) is 11.9 Å². The number of benzene rings is 1. The first kappa shape index (κ1) is 32.1. The van der Waals surface area contributed by atoms with Gasteiger partial charge >= 0.3 is 0 Å². The maximum absolute atomic E-state index is 14.4. The number of hydrogen-bond donors (Lipinski definition) is 1. The normalized spacial score (nSPS) is 16.7. The van der Waals surface area contributed by atoms with Crippen molar-refractivity contribution in [3.8, 4) is 5.69 Å². The number of aromatic nitrogens is 2. The smallest absolute Gasteiger partial charge is 0.256 e. The molecule has 0 aliphatic carbocycles. The number of rotatable bonds is 14. The Kier molecular flexibility index (Phi) is 11.1. The molecule has 1 unspecified atom stereocenters. The summed E-state index contributed by atoms with van der Waals surface area (Å²) in [6.45, 7) is 15.6. The van der Waals surface area contributed by atoms with Gasteiger partial charge in [0.05, 0.1) is 29.6 Å². The third kappa shape index (κ3) is 7.39. The first-order valence-corrected chi connectivity index (χ1v) is 15.6.